The van der Waals surface area contributed by atoms with E-state index in [0.29, 0.717) is 12.1 Å². The van der Waals surface area contributed by atoms with E-state index in [1.54, 1.807) is 0 Å². The van der Waals surface area contributed by atoms with Gasteiger partial charge in [-0.3, -0.25) is 0 Å². The van der Waals surface area contributed by atoms with Crippen molar-refractivity contribution in [3.63, 3.8) is 0 Å². The summed E-state index contributed by atoms with van der Waals surface area (Å²) in [4.78, 5) is 0. The van der Waals surface area contributed by atoms with Gasteiger partial charge in [-0.25, -0.2) is 0 Å². The van der Waals surface area contributed by atoms with Crippen LogP contribution in [0.15, 0.2) is 0 Å². The molecular weight excluding hydrogens is 186 g/mol. The zero-order chi connectivity index (χ0) is 10.9. The highest BCUT2D eigenvalue weighted by atomic mass is 16.5. The number of hydrogen-bond acceptors (Lipinski definition) is 2. The van der Waals surface area contributed by atoms with E-state index in [0.717, 1.165) is 13.2 Å². The molecule has 1 aliphatic rings. The van der Waals surface area contributed by atoms with Gasteiger partial charge in [0.15, 0.2) is 0 Å². The highest BCUT2D eigenvalue weighted by molar-refractivity contribution is 4.83. The third kappa shape index (κ3) is 4.98. The highest BCUT2D eigenvalue weighted by Crippen LogP contribution is 2.22. The molecule has 0 saturated heterocycles. The third-order valence-electron chi connectivity index (χ3n) is 3.25. The Labute approximate surface area is 94.8 Å². The topological polar surface area (TPSA) is 21.3 Å². The van der Waals surface area contributed by atoms with Crippen LogP contribution in [0.3, 0.4) is 0 Å². The number of rotatable bonds is 8. The SMILES string of the molecule is CCCCCCOC1CCCC1NCC. The summed E-state index contributed by atoms with van der Waals surface area (Å²) in [6, 6.07) is 0.626. The Morgan fingerprint density at radius 1 is 1.13 bits per heavy atom. The second-order valence-electron chi connectivity index (χ2n) is 4.56. The van der Waals surface area contributed by atoms with Crippen LogP contribution in [0.1, 0.15) is 58.8 Å². The molecule has 90 valence electrons. The van der Waals surface area contributed by atoms with Crippen LogP contribution in [-0.4, -0.2) is 25.3 Å². The monoisotopic (exact) mass is 213 g/mol. The molecule has 1 fully saturated rings. The summed E-state index contributed by atoms with van der Waals surface area (Å²) >= 11 is 0. The Hall–Kier alpha value is -0.0800. The van der Waals surface area contributed by atoms with Crippen LogP contribution in [0.2, 0.25) is 0 Å². The highest BCUT2D eigenvalue weighted by Gasteiger charge is 2.26. The maximum Gasteiger partial charge on any atom is 0.0728 e. The maximum absolute atomic E-state index is 5.95. The molecule has 0 radical (unpaired) electrons. The van der Waals surface area contributed by atoms with E-state index in [9.17, 15) is 0 Å². The zero-order valence-electron chi connectivity index (χ0n) is 10.4. The number of ether oxygens (including phenoxy) is 1. The van der Waals surface area contributed by atoms with Crippen LogP contribution >= 0.6 is 0 Å². The molecule has 2 nitrogen and oxygen atoms in total. The fourth-order valence-electron chi connectivity index (χ4n) is 2.38. The Morgan fingerprint density at radius 3 is 2.73 bits per heavy atom. The lowest BCUT2D eigenvalue weighted by Crippen LogP contribution is -2.37. The quantitative estimate of drug-likeness (QED) is 0.626. The Bertz CT molecular complexity index is 149. The number of likely N-dealkylation sites (N-methyl/N-ethyl adjacent to an activating group) is 1. The van der Waals surface area contributed by atoms with Crippen molar-refractivity contribution in [2.45, 2.75) is 70.9 Å². The van der Waals surface area contributed by atoms with E-state index in [-0.39, 0.29) is 0 Å². The van der Waals surface area contributed by atoms with Gasteiger partial charge in [0.2, 0.25) is 0 Å². The van der Waals surface area contributed by atoms with E-state index >= 15 is 0 Å². The van der Waals surface area contributed by atoms with Crippen molar-refractivity contribution in [3.8, 4) is 0 Å². The summed E-state index contributed by atoms with van der Waals surface area (Å²) in [7, 11) is 0. The summed E-state index contributed by atoms with van der Waals surface area (Å²) in [6.07, 6.45) is 9.61. The van der Waals surface area contributed by atoms with Gasteiger partial charge < -0.3 is 10.1 Å². The number of nitrogens with one attached hydrogen (secondary N) is 1. The predicted octanol–water partition coefficient (Wildman–Crippen LogP) is 3.11. The van der Waals surface area contributed by atoms with E-state index in [1.807, 2.05) is 0 Å². The summed E-state index contributed by atoms with van der Waals surface area (Å²) in [5.74, 6) is 0. The normalized spacial score (nSPS) is 26.0. The minimum Gasteiger partial charge on any atom is -0.377 e. The van der Waals surface area contributed by atoms with Crippen LogP contribution in [-0.2, 0) is 4.74 Å². The lowest BCUT2D eigenvalue weighted by atomic mass is 10.2. The Kier molecular flexibility index (Phi) is 7.03. The molecule has 0 aromatic rings. The van der Waals surface area contributed by atoms with E-state index in [2.05, 4.69) is 19.2 Å². The molecule has 0 spiro atoms. The first-order valence-electron chi connectivity index (χ1n) is 6.73. The first-order valence-corrected chi connectivity index (χ1v) is 6.73. The van der Waals surface area contributed by atoms with Crippen LogP contribution in [0.5, 0.6) is 0 Å². The van der Waals surface area contributed by atoms with Crippen molar-refractivity contribution in [2.24, 2.45) is 0 Å². The molecule has 0 bridgehead atoms. The van der Waals surface area contributed by atoms with Crippen LogP contribution < -0.4 is 5.32 Å². The fraction of sp³-hybridized carbons (Fsp3) is 1.00. The lowest BCUT2D eigenvalue weighted by Gasteiger charge is -2.20. The molecule has 2 heteroatoms. The molecule has 1 saturated carbocycles. The first-order chi connectivity index (χ1) is 7.38. The number of hydrogen-bond donors (Lipinski definition) is 1. The average molecular weight is 213 g/mol. The van der Waals surface area contributed by atoms with E-state index in [1.165, 1.54) is 44.9 Å². The minimum atomic E-state index is 0.492. The Morgan fingerprint density at radius 2 is 2.00 bits per heavy atom. The molecule has 1 N–H and O–H groups in total. The van der Waals surface area contributed by atoms with Gasteiger partial charge in [-0.2, -0.15) is 0 Å². The largest absolute Gasteiger partial charge is 0.377 e. The van der Waals surface area contributed by atoms with Gasteiger partial charge in [0.1, 0.15) is 0 Å². The van der Waals surface area contributed by atoms with Gasteiger partial charge in [0.25, 0.3) is 0 Å². The Balaban J connectivity index is 2.03. The van der Waals surface area contributed by atoms with E-state index in [4.69, 9.17) is 4.74 Å². The average Bonchev–Trinajstić information content (AvgIpc) is 2.66. The summed E-state index contributed by atoms with van der Waals surface area (Å²) < 4.78 is 5.95. The lowest BCUT2D eigenvalue weighted by molar-refractivity contribution is 0.0380. The molecule has 0 aromatic carbocycles. The molecule has 1 rings (SSSR count). The van der Waals surface area contributed by atoms with E-state index < -0.39 is 0 Å². The zero-order valence-corrected chi connectivity index (χ0v) is 10.4. The molecule has 0 heterocycles. The van der Waals surface area contributed by atoms with Crippen molar-refractivity contribution in [3.05, 3.63) is 0 Å². The van der Waals surface area contributed by atoms with Gasteiger partial charge in [0.05, 0.1) is 6.10 Å². The van der Waals surface area contributed by atoms with Gasteiger partial charge in [-0.05, 0) is 32.2 Å². The van der Waals surface area contributed by atoms with Gasteiger partial charge in [-0.15, -0.1) is 0 Å². The van der Waals surface area contributed by atoms with Crippen molar-refractivity contribution in [1.82, 2.24) is 5.32 Å². The van der Waals surface area contributed by atoms with Crippen molar-refractivity contribution in [1.29, 1.82) is 0 Å². The van der Waals surface area contributed by atoms with Gasteiger partial charge in [0, 0.05) is 12.6 Å². The molecule has 1 aliphatic carbocycles. The van der Waals surface area contributed by atoms with Crippen LogP contribution in [0.4, 0.5) is 0 Å². The molecule has 2 atom stereocenters. The summed E-state index contributed by atoms with van der Waals surface area (Å²) in [5, 5.41) is 3.52. The standard InChI is InChI=1S/C13H27NO/c1-3-5-6-7-11-15-13-10-8-9-12(13)14-4-2/h12-14H,3-11H2,1-2H3. The predicted molar refractivity (Wildman–Crippen MR) is 65.2 cm³/mol. The summed E-state index contributed by atoms with van der Waals surface area (Å²) in [6.45, 7) is 6.46. The third-order valence-corrected chi connectivity index (χ3v) is 3.25. The fourth-order valence-corrected chi connectivity index (χ4v) is 2.38. The second-order valence-corrected chi connectivity index (χ2v) is 4.56. The smallest absolute Gasteiger partial charge is 0.0728 e. The van der Waals surface area contributed by atoms with Crippen molar-refractivity contribution in [2.75, 3.05) is 13.2 Å². The van der Waals surface area contributed by atoms with Gasteiger partial charge in [-0.1, -0.05) is 33.1 Å². The van der Waals surface area contributed by atoms with Crippen molar-refractivity contribution >= 4 is 0 Å². The van der Waals surface area contributed by atoms with Crippen LogP contribution in [0.25, 0.3) is 0 Å². The number of unbranched alkanes of at least 4 members (excludes halogenated alkanes) is 3. The van der Waals surface area contributed by atoms with Gasteiger partial charge >= 0.3 is 0 Å². The van der Waals surface area contributed by atoms with Crippen molar-refractivity contribution < 1.29 is 4.74 Å². The molecule has 0 aliphatic heterocycles. The molecule has 0 aromatic heterocycles. The first kappa shape index (κ1) is 13.0. The minimum absolute atomic E-state index is 0.492. The summed E-state index contributed by atoms with van der Waals surface area (Å²) in [5.41, 5.74) is 0. The van der Waals surface area contributed by atoms with Crippen LogP contribution in [0, 0.1) is 0 Å². The maximum atomic E-state index is 5.95. The molecule has 0 amide bonds. The molecule has 2 unspecified atom stereocenters. The molecular formula is C13H27NO. The molecule has 15 heavy (non-hydrogen) atoms. The second kappa shape index (κ2) is 8.12.